The number of anilines is 1. The fraction of sp³-hybridized carbons (Fsp3) is 0.600. The molecule has 7 heteroatoms. The van der Waals surface area contributed by atoms with E-state index in [1.54, 1.807) is 24.3 Å². The summed E-state index contributed by atoms with van der Waals surface area (Å²) in [5.41, 5.74) is 1.05. The monoisotopic (exact) mass is 440 g/mol. The van der Waals surface area contributed by atoms with Crippen molar-refractivity contribution in [1.29, 1.82) is 0 Å². The summed E-state index contributed by atoms with van der Waals surface area (Å²) in [6.07, 6.45) is 6.84. The molecule has 1 aromatic rings. The summed E-state index contributed by atoms with van der Waals surface area (Å²) in [7, 11) is 0. The number of hydrogen-bond acceptors (Lipinski definition) is 5. The molecular formula is C25H32N2O5. The van der Waals surface area contributed by atoms with E-state index in [0.717, 1.165) is 37.0 Å². The number of esters is 1. The van der Waals surface area contributed by atoms with E-state index in [-0.39, 0.29) is 23.7 Å². The molecule has 7 nitrogen and oxygen atoms in total. The third-order valence-electron chi connectivity index (χ3n) is 7.34. The summed E-state index contributed by atoms with van der Waals surface area (Å²) in [5.74, 6) is 0.952. The molecule has 4 saturated carbocycles. The lowest BCUT2D eigenvalue weighted by Crippen LogP contribution is -2.48. The topological polar surface area (TPSA) is 102 Å². The van der Waals surface area contributed by atoms with E-state index in [9.17, 15) is 19.2 Å². The van der Waals surface area contributed by atoms with Crippen molar-refractivity contribution in [3.63, 3.8) is 0 Å². The predicted molar refractivity (Wildman–Crippen MR) is 119 cm³/mol. The summed E-state index contributed by atoms with van der Waals surface area (Å²) in [4.78, 5) is 48.5. The Morgan fingerprint density at radius 1 is 1.06 bits per heavy atom. The van der Waals surface area contributed by atoms with Gasteiger partial charge in [0, 0.05) is 17.7 Å². The molecule has 32 heavy (non-hydrogen) atoms. The Morgan fingerprint density at radius 2 is 1.69 bits per heavy atom. The second-order valence-electron chi connectivity index (χ2n) is 10.1. The molecule has 0 aromatic heterocycles. The van der Waals surface area contributed by atoms with Crippen molar-refractivity contribution in [2.24, 2.45) is 23.2 Å². The molecule has 4 fully saturated rings. The molecule has 0 radical (unpaired) electrons. The number of ether oxygens (including phenoxy) is 1. The number of Topliss-reactive ketones (excluding diaryl/α,β-unsaturated/α-hetero) is 1. The van der Waals surface area contributed by atoms with E-state index < -0.39 is 18.0 Å². The summed E-state index contributed by atoms with van der Waals surface area (Å²) in [6, 6.07) is 6.55. The fourth-order valence-corrected chi connectivity index (χ4v) is 6.43. The van der Waals surface area contributed by atoms with Gasteiger partial charge in [-0.1, -0.05) is 12.1 Å². The Kier molecular flexibility index (Phi) is 6.35. The standard InChI is InChI=1S/C25H32N2O5/c1-15(28)20-4-3-5-21(9-20)27-24(31)16(2)32-23(30)14-26-22(29)13-25-10-17-6-18(11-25)8-19(7-17)12-25/h3-5,9,16-19H,6-8,10-14H2,1-2H3,(H,26,29)(H,27,31). The van der Waals surface area contributed by atoms with Crippen LogP contribution in [0.25, 0.3) is 0 Å². The summed E-state index contributed by atoms with van der Waals surface area (Å²) in [5, 5.41) is 5.33. The highest BCUT2D eigenvalue weighted by atomic mass is 16.5. The normalized spacial score (nSPS) is 28.6. The van der Waals surface area contributed by atoms with E-state index in [2.05, 4.69) is 10.6 Å². The van der Waals surface area contributed by atoms with Crippen molar-refractivity contribution in [3.8, 4) is 0 Å². The molecular weight excluding hydrogens is 408 g/mol. The van der Waals surface area contributed by atoms with Crippen LogP contribution in [0.5, 0.6) is 0 Å². The molecule has 4 aliphatic carbocycles. The maximum atomic E-state index is 12.6. The Bertz CT molecular complexity index is 889. The number of rotatable bonds is 8. The van der Waals surface area contributed by atoms with Crippen LogP contribution in [0.2, 0.25) is 0 Å². The van der Waals surface area contributed by atoms with Crippen molar-refractivity contribution in [2.45, 2.75) is 64.9 Å². The molecule has 4 bridgehead atoms. The zero-order valence-electron chi connectivity index (χ0n) is 18.8. The van der Waals surface area contributed by atoms with Gasteiger partial charge in [0.1, 0.15) is 6.54 Å². The predicted octanol–water partition coefficient (Wildman–Crippen LogP) is 3.48. The third kappa shape index (κ3) is 5.19. The lowest BCUT2D eigenvalue weighted by molar-refractivity contribution is -0.153. The molecule has 4 aliphatic rings. The maximum absolute atomic E-state index is 12.6. The van der Waals surface area contributed by atoms with Crippen molar-refractivity contribution >= 4 is 29.3 Å². The Balaban J connectivity index is 1.21. The van der Waals surface area contributed by atoms with Crippen LogP contribution in [0.3, 0.4) is 0 Å². The van der Waals surface area contributed by atoms with Gasteiger partial charge in [-0.2, -0.15) is 0 Å². The second kappa shape index (κ2) is 9.04. The molecule has 2 amide bonds. The summed E-state index contributed by atoms with van der Waals surface area (Å²) < 4.78 is 5.17. The molecule has 0 spiro atoms. The highest BCUT2D eigenvalue weighted by molar-refractivity contribution is 5.98. The SMILES string of the molecule is CC(=O)c1cccc(NC(=O)C(C)OC(=O)CNC(=O)CC23CC4CC(CC(C4)C2)C3)c1. The third-order valence-corrected chi connectivity index (χ3v) is 7.34. The van der Waals surface area contributed by atoms with Crippen LogP contribution >= 0.6 is 0 Å². The van der Waals surface area contributed by atoms with Crippen LogP contribution in [-0.4, -0.2) is 36.2 Å². The van der Waals surface area contributed by atoms with Crippen molar-refractivity contribution in [1.82, 2.24) is 5.32 Å². The molecule has 0 heterocycles. The maximum Gasteiger partial charge on any atom is 0.326 e. The summed E-state index contributed by atoms with van der Waals surface area (Å²) >= 11 is 0. The van der Waals surface area contributed by atoms with Gasteiger partial charge in [-0.05, 0) is 87.7 Å². The minimum absolute atomic E-state index is 0.107. The first-order valence-corrected chi connectivity index (χ1v) is 11.6. The van der Waals surface area contributed by atoms with Gasteiger partial charge in [-0.15, -0.1) is 0 Å². The average Bonchev–Trinajstić information content (AvgIpc) is 2.71. The van der Waals surface area contributed by atoms with Gasteiger partial charge in [-0.25, -0.2) is 0 Å². The van der Waals surface area contributed by atoms with Crippen LogP contribution in [-0.2, 0) is 19.1 Å². The zero-order chi connectivity index (χ0) is 22.9. The minimum atomic E-state index is -1.02. The van der Waals surface area contributed by atoms with Crippen LogP contribution in [0.4, 0.5) is 5.69 Å². The Labute approximate surface area is 188 Å². The Morgan fingerprint density at radius 3 is 2.28 bits per heavy atom. The lowest BCUT2D eigenvalue weighted by atomic mass is 9.49. The van der Waals surface area contributed by atoms with Crippen molar-refractivity contribution in [2.75, 3.05) is 11.9 Å². The van der Waals surface area contributed by atoms with Gasteiger partial charge in [0.05, 0.1) is 0 Å². The first-order chi connectivity index (χ1) is 15.2. The first-order valence-electron chi connectivity index (χ1n) is 11.6. The zero-order valence-corrected chi connectivity index (χ0v) is 18.8. The number of amides is 2. The van der Waals surface area contributed by atoms with Crippen molar-refractivity contribution in [3.05, 3.63) is 29.8 Å². The van der Waals surface area contributed by atoms with Crippen LogP contribution in [0, 0.1) is 23.2 Å². The largest absolute Gasteiger partial charge is 0.451 e. The van der Waals surface area contributed by atoms with E-state index in [4.69, 9.17) is 4.74 Å². The lowest BCUT2D eigenvalue weighted by Gasteiger charge is -2.56. The quantitative estimate of drug-likeness (QED) is 0.476. The molecule has 2 N–H and O–H groups in total. The molecule has 1 atom stereocenters. The molecule has 1 aromatic carbocycles. The number of hydrogen-bond donors (Lipinski definition) is 2. The smallest absolute Gasteiger partial charge is 0.326 e. The number of ketones is 1. The van der Waals surface area contributed by atoms with E-state index in [1.165, 1.54) is 33.1 Å². The van der Waals surface area contributed by atoms with Gasteiger partial charge in [0.25, 0.3) is 5.91 Å². The molecule has 172 valence electrons. The average molecular weight is 441 g/mol. The van der Waals surface area contributed by atoms with Crippen LogP contribution in [0.1, 0.15) is 69.2 Å². The van der Waals surface area contributed by atoms with Gasteiger partial charge in [-0.3, -0.25) is 19.2 Å². The fourth-order valence-electron chi connectivity index (χ4n) is 6.43. The van der Waals surface area contributed by atoms with Crippen LogP contribution < -0.4 is 10.6 Å². The van der Waals surface area contributed by atoms with E-state index in [1.807, 2.05) is 0 Å². The van der Waals surface area contributed by atoms with Gasteiger partial charge >= 0.3 is 5.97 Å². The molecule has 0 aliphatic heterocycles. The van der Waals surface area contributed by atoms with E-state index in [0.29, 0.717) is 17.7 Å². The number of benzene rings is 1. The van der Waals surface area contributed by atoms with E-state index >= 15 is 0 Å². The van der Waals surface area contributed by atoms with Gasteiger partial charge in [0.15, 0.2) is 11.9 Å². The first kappa shape index (κ1) is 22.5. The van der Waals surface area contributed by atoms with Gasteiger partial charge < -0.3 is 15.4 Å². The highest BCUT2D eigenvalue weighted by Gasteiger charge is 2.51. The highest BCUT2D eigenvalue weighted by Crippen LogP contribution is 2.61. The number of carbonyl (C=O) groups is 4. The summed E-state index contributed by atoms with van der Waals surface area (Å²) in [6.45, 7) is 2.67. The Hall–Kier alpha value is -2.70. The number of nitrogens with one attached hydrogen (secondary N) is 2. The van der Waals surface area contributed by atoms with Crippen molar-refractivity contribution < 1.29 is 23.9 Å². The number of carbonyl (C=O) groups excluding carboxylic acids is 4. The molecule has 0 saturated heterocycles. The van der Waals surface area contributed by atoms with Gasteiger partial charge in [0.2, 0.25) is 5.91 Å². The van der Waals surface area contributed by atoms with Crippen LogP contribution in [0.15, 0.2) is 24.3 Å². The minimum Gasteiger partial charge on any atom is -0.451 e. The second-order valence-corrected chi connectivity index (χ2v) is 10.1. The molecule has 1 unspecified atom stereocenters. The molecule has 5 rings (SSSR count).